The fraction of sp³-hybridized carbons (Fsp3) is 0.500. The van der Waals surface area contributed by atoms with Crippen molar-refractivity contribution in [3.05, 3.63) is 29.8 Å². The van der Waals surface area contributed by atoms with E-state index in [1.165, 1.54) is 0 Å². The first-order valence-electron chi connectivity index (χ1n) is 6.26. The highest BCUT2D eigenvalue weighted by atomic mass is 16.5. The van der Waals surface area contributed by atoms with Gasteiger partial charge >= 0.3 is 5.97 Å². The molecule has 0 saturated heterocycles. The number of aliphatic carboxylic acids is 1. The van der Waals surface area contributed by atoms with Gasteiger partial charge in [-0.1, -0.05) is 24.6 Å². The van der Waals surface area contributed by atoms with Gasteiger partial charge in [0.05, 0.1) is 6.61 Å². The number of carbonyl (C=O) groups is 1. The zero-order valence-electron chi connectivity index (χ0n) is 10.8. The molecule has 0 fully saturated rings. The zero-order chi connectivity index (χ0) is 13.2. The molecule has 0 aromatic heterocycles. The van der Waals surface area contributed by atoms with E-state index in [0.717, 1.165) is 37.1 Å². The highest BCUT2D eigenvalue weighted by Gasteiger charge is 2.00. The number of benzene rings is 1. The van der Waals surface area contributed by atoms with Crippen molar-refractivity contribution < 1.29 is 14.6 Å². The summed E-state index contributed by atoms with van der Waals surface area (Å²) in [6.07, 6.45) is 2.93. The Labute approximate surface area is 108 Å². The average molecular weight is 251 g/mol. The first kappa shape index (κ1) is 14.5. The molecule has 0 aliphatic carbocycles. The lowest BCUT2D eigenvalue weighted by atomic mass is 10.1. The van der Waals surface area contributed by atoms with E-state index in [9.17, 15) is 4.79 Å². The third kappa shape index (κ3) is 5.68. The lowest BCUT2D eigenvalue weighted by Gasteiger charge is -2.11. The molecule has 0 aliphatic heterocycles. The van der Waals surface area contributed by atoms with E-state index in [1.54, 1.807) is 7.11 Å². The van der Waals surface area contributed by atoms with E-state index >= 15 is 0 Å². The van der Waals surface area contributed by atoms with Crippen molar-refractivity contribution in [2.75, 3.05) is 19.0 Å². The summed E-state index contributed by atoms with van der Waals surface area (Å²) in [5, 5.41) is 11.9. The summed E-state index contributed by atoms with van der Waals surface area (Å²) in [5.74, 6) is -0.714. The van der Waals surface area contributed by atoms with Gasteiger partial charge in [0.15, 0.2) is 0 Å². The monoisotopic (exact) mass is 251 g/mol. The number of carboxylic acids is 1. The third-order valence-electron chi connectivity index (χ3n) is 2.70. The minimum absolute atomic E-state index is 0.264. The molecule has 18 heavy (non-hydrogen) atoms. The number of hydrogen-bond acceptors (Lipinski definition) is 3. The van der Waals surface area contributed by atoms with Crippen molar-refractivity contribution in [1.29, 1.82) is 0 Å². The van der Waals surface area contributed by atoms with Crippen LogP contribution >= 0.6 is 0 Å². The summed E-state index contributed by atoms with van der Waals surface area (Å²) >= 11 is 0. The van der Waals surface area contributed by atoms with Crippen molar-refractivity contribution in [3.8, 4) is 0 Å². The molecule has 0 unspecified atom stereocenters. The van der Waals surface area contributed by atoms with Gasteiger partial charge in [0, 0.05) is 31.3 Å². The Hall–Kier alpha value is -1.55. The molecule has 0 bridgehead atoms. The number of hydrogen-bond donors (Lipinski definition) is 2. The fourth-order valence-electron chi connectivity index (χ4n) is 1.78. The Morgan fingerprint density at radius 2 is 2.06 bits per heavy atom. The van der Waals surface area contributed by atoms with Crippen LogP contribution in [-0.2, 0) is 16.1 Å². The Balaban J connectivity index is 2.24. The summed E-state index contributed by atoms with van der Waals surface area (Å²) in [6, 6.07) is 8.06. The van der Waals surface area contributed by atoms with Crippen molar-refractivity contribution in [2.45, 2.75) is 32.3 Å². The zero-order valence-corrected chi connectivity index (χ0v) is 10.8. The molecule has 1 aromatic carbocycles. The maximum atomic E-state index is 10.3. The summed E-state index contributed by atoms with van der Waals surface area (Å²) in [5.41, 5.74) is 2.24. The van der Waals surface area contributed by atoms with E-state index in [2.05, 4.69) is 5.32 Å². The Bertz CT molecular complexity index is 366. The highest BCUT2D eigenvalue weighted by Crippen LogP contribution is 2.15. The molecule has 0 atom stereocenters. The van der Waals surface area contributed by atoms with Crippen LogP contribution in [0.15, 0.2) is 24.3 Å². The summed E-state index contributed by atoms with van der Waals surface area (Å²) < 4.78 is 5.13. The number of para-hydroxylation sites is 1. The topological polar surface area (TPSA) is 58.6 Å². The molecular formula is C14H21NO3. The van der Waals surface area contributed by atoms with Crippen LogP contribution in [0.25, 0.3) is 0 Å². The molecule has 0 radical (unpaired) electrons. The smallest absolute Gasteiger partial charge is 0.303 e. The van der Waals surface area contributed by atoms with Gasteiger partial charge < -0.3 is 15.2 Å². The average Bonchev–Trinajstić information content (AvgIpc) is 2.35. The molecule has 100 valence electrons. The first-order valence-corrected chi connectivity index (χ1v) is 6.26. The number of carboxylic acid groups (broad SMARTS) is 1. The van der Waals surface area contributed by atoms with Crippen LogP contribution in [-0.4, -0.2) is 24.7 Å². The van der Waals surface area contributed by atoms with Gasteiger partial charge in [-0.05, 0) is 18.9 Å². The lowest BCUT2D eigenvalue weighted by Crippen LogP contribution is -2.05. The third-order valence-corrected chi connectivity index (χ3v) is 2.70. The highest BCUT2D eigenvalue weighted by molar-refractivity contribution is 5.66. The molecule has 1 aromatic rings. The molecule has 4 nitrogen and oxygen atoms in total. The second-order valence-corrected chi connectivity index (χ2v) is 4.22. The van der Waals surface area contributed by atoms with Crippen molar-refractivity contribution in [3.63, 3.8) is 0 Å². The molecule has 0 amide bonds. The number of anilines is 1. The Morgan fingerprint density at radius 1 is 1.28 bits per heavy atom. The van der Waals surface area contributed by atoms with Gasteiger partial charge in [0.25, 0.3) is 0 Å². The van der Waals surface area contributed by atoms with Crippen LogP contribution in [0.2, 0.25) is 0 Å². The predicted molar refractivity (Wildman–Crippen MR) is 71.7 cm³/mol. The van der Waals surface area contributed by atoms with Crippen molar-refractivity contribution >= 4 is 11.7 Å². The molecule has 2 N–H and O–H groups in total. The van der Waals surface area contributed by atoms with E-state index < -0.39 is 5.97 Å². The van der Waals surface area contributed by atoms with E-state index in [0.29, 0.717) is 6.61 Å². The molecule has 0 aliphatic rings. The second kappa shape index (κ2) is 8.53. The molecule has 4 heteroatoms. The normalized spacial score (nSPS) is 10.3. The molecule has 0 spiro atoms. The van der Waals surface area contributed by atoms with Crippen molar-refractivity contribution in [1.82, 2.24) is 0 Å². The molecule has 0 heterocycles. The number of ether oxygens (including phenoxy) is 1. The fourth-order valence-corrected chi connectivity index (χ4v) is 1.78. The minimum Gasteiger partial charge on any atom is -0.481 e. The van der Waals surface area contributed by atoms with Crippen LogP contribution < -0.4 is 5.32 Å². The Kier molecular flexibility index (Phi) is 6.87. The van der Waals surface area contributed by atoms with Gasteiger partial charge in [-0.3, -0.25) is 4.79 Å². The van der Waals surface area contributed by atoms with E-state index in [-0.39, 0.29) is 6.42 Å². The van der Waals surface area contributed by atoms with Gasteiger partial charge in [0.1, 0.15) is 0 Å². The molecular weight excluding hydrogens is 230 g/mol. The quantitative estimate of drug-likeness (QED) is 0.662. The van der Waals surface area contributed by atoms with Gasteiger partial charge in [-0.2, -0.15) is 0 Å². The molecule has 1 rings (SSSR count). The largest absolute Gasteiger partial charge is 0.481 e. The number of methoxy groups -OCH3 is 1. The summed E-state index contributed by atoms with van der Waals surface area (Å²) in [6.45, 7) is 1.46. The predicted octanol–water partition coefficient (Wildman–Crippen LogP) is 2.89. The SMILES string of the molecule is COCc1ccccc1NCCCCCC(=O)O. The minimum atomic E-state index is -0.714. The summed E-state index contributed by atoms with van der Waals surface area (Å²) in [7, 11) is 1.68. The number of rotatable bonds is 9. The maximum Gasteiger partial charge on any atom is 0.303 e. The number of unbranched alkanes of at least 4 members (excludes halogenated alkanes) is 2. The van der Waals surface area contributed by atoms with Gasteiger partial charge in [-0.25, -0.2) is 0 Å². The number of nitrogens with one attached hydrogen (secondary N) is 1. The van der Waals surface area contributed by atoms with Crippen LogP contribution in [0.1, 0.15) is 31.2 Å². The lowest BCUT2D eigenvalue weighted by molar-refractivity contribution is -0.137. The van der Waals surface area contributed by atoms with Crippen LogP contribution in [0.5, 0.6) is 0 Å². The van der Waals surface area contributed by atoms with E-state index in [4.69, 9.17) is 9.84 Å². The molecule has 0 saturated carbocycles. The Morgan fingerprint density at radius 3 is 2.78 bits per heavy atom. The first-order chi connectivity index (χ1) is 8.74. The van der Waals surface area contributed by atoms with Crippen LogP contribution in [0.3, 0.4) is 0 Å². The van der Waals surface area contributed by atoms with Gasteiger partial charge in [0.2, 0.25) is 0 Å². The second-order valence-electron chi connectivity index (χ2n) is 4.22. The summed E-state index contributed by atoms with van der Waals surface area (Å²) in [4.78, 5) is 10.3. The van der Waals surface area contributed by atoms with Gasteiger partial charge in [-0.15, -0.1) is 0 Å². The van der Waals surface area contributed by atoms with Crippen LogP contribution in [0, 0.1) is 0 Å². The van der Waals surface area contributed by atoms with Crippen molar-refractivity contribution in [2.24, 2.45) is 0 Å². The van der Waals surface area contributed by atoms with Crippen LogP contribution in [0.4, 0.5) is 5.69 Å². The van der Waals surface area contributed by atoms with E-state index in [1.807, 2.05) is 24.3 Å². The standard InChI is InChI=1S/C14H21NO3/c1-18-11-12-7-4-5-8-13(12)15-10-6-2-3-9-14(16)17/h4-5,7-8,15H,2-3,6,9-11H2,1H3,(H,16,17). The maximum absolute atomic E-state index is 10.3.